The van der Waals surface area contributed by atoms with Crippen LogP contribution in [0.5, 0.6) is 0 Å². The van der Waals surface area contributed by atoms with Crippen LogP contribution in [0.25, 0.3) is 0 Å². The molecule has 1 aliphatic heterocycles. The molecule has 0 aromatic carbocycles. The van der Waals surface area contributed by atoms with E-state index in [0.717, 1.165) is 25.9 Å². The fourth-order valence-corrected chi connectivity index (χ4v) is 2.74. The van der Waals surface area contributed by atoms with Crippen molar-refractivity contribution >= 4 is 0 Å². The number of piperazine rings is 1. The highest BCUT2D eigenvalue weighted by Crippen LogP contribution is 2.24. The van der Waals surface area contributed by atoms with Crippen LogP contribution in [0.1, 0.15) is 53.4 Å². The first-order valence-corrected chi connectivity index (χ1v) is 7.04. The van der Waals surface area contributed by atoms with E-state index >= 15 is 0 Å². The lowest BCUT2D eigenvalue weighted by Gasteiger charge is -2.48. The lowest BCUT2D eigenvalue weighted by atomic mass is 9.90. The fourth-order valence-electron chi connectivity index (χ4n) is 2.74. The van der Waals surface area contributed by atoms with Crippen LogP contribution in [0.2, 0.25) is 0 Å². The lowest BCUT2D eigenvalue weighted by molar-refractivity contribution is 0.0436. The number of hydrogen-bond donors (Lipinski definition) is 1. The van der Waals surface area contributed by atoms with Crippen molar-refractivity contribution in [2.45, 2.75) is 71.0 Å². The minimum Gasteiger partial charge on any atom is -0.309 e. The third-order valence-corrected chi connectivity index (χ3v) is 4.31. The molecule has 1 heterocycles. The van der Waals surface area contributed by atoms with E-state index in [1.54, 1.807) is 0 Å². The Hall–Kier alpha value is -0.520. The average molecular weight is 236 g/mol. The fraction of sp³-hybridized carbons (Fsp3) is 0.867. The molecule has 0 aromatic heterocycles. The third kappa shape index (κ3) is 3.47. The highest BCUT2D eigenvalue weighted by atomic mass is 15.3. The van der Waals surface area contributed by atoms with Gasteiger partial charge in [0.25, 0.3) is 0 Å². The maximum Gasteiger partial charge on any atom is 0.0278 e. The molecule has 2 nitrogen and oxygen atoms in total. The van der Waals surface area contributed by atoms with Crippen LogP contribution < -0.4 is 5.32 Å². The minimum atomic E-state index is 0.258. The quantitative estimate of drug-likeness (QED) is 0.738. The van der Waals surface area contributed by atoms with Gasteiger partial charge in [0.1, 0.15) is 0 Å². The van der Waals surface area contributed by atoms with Crippen molar-refractivity contribution in [3.05, 3.63) is 0 Å². The summed E-state index contributed by atoms with van der Waals surface area (Å²) in [5.74, 6) is 2.84. The van der Waals surface area contributed by atoms with Crippen molar-refractivity contribution < 1.29 is 0 Å². The maximum absolute atomic E-state index is 5.51. The molecule has 1 aliphatic rings. The summed E-state index contributed by atoms with van der Waals surface area (Å²) in [6.07, 6.45) is 9.92. The molecule has 0 bridgehead atoms. The Morgan fingerprint density at radius 2 is 2.18 bits per heavy atom. The van der Waals surface area contributed by atoms with E-state index in [1.165, 1.54) is 12.8 Å². The summed E-state index contributed by atoms with van der Waals surface area (Å²) in [6, 6.07) is 1.20. The van der Waals surface area contributed by atoms with Gasteiger partial charge in [-0.1, -0.05) is 20.8 Å². The largest absolute Gasteiger partial charge is 0.309 e. The summed E-state index contributed by atoms with van der Waals surface area (Å²) in [5.41, 5.74) is 0.258. The maximum atomic E-state index is 5.51. The molecule has 0 saturated carbocycles. The predicted octanol–water partition coefficient (Wildman–Crippen LogP) is 2.64. The van der Waals surface area contributed by atoms with Crippen LogP contribution in [0.4, 0.5) is 0 Å². The van der Waals surface area contributed by atoms with Crippen molar-refractivity contribution in [1.29, 1.82) is 0 Å². The Balaban J connectivity index is 2.78. The number of hydrogen-bond acceptors (Lipinski definition) is 2. The molecular weight excluding hydrogens is 208 g/mol. The van der Waals surface area contributed by atoms with Gasteiger partial charge in [0, 0.05) is 37.1 Å². The predicted molar refractivity (Wildman–Crippen MR) is 75.0 cm³/mol. The Morgan fingerprint density at radius 1 is 1.47 bits per heavy atom. The van der Waals surface area contributed by atoms with Crippen LogP contribution in [-0.2, 0) is 0 Å². The molecule has 1 saturated heterocycles. The molecule has 1 rings (SSSR count). The second kappa shape index (κ2) is 6.42. The van der Waals surface area contributed by atoms with Crippen LogP contribution in [0.15, 0.2) is 0 Å². The standard InChI is InChI=1S/C15H28N2/c1-6-10-13(7-2)17-12-15(5,9-4)16-11-14(17)8-3/h1,13-14,16H,7-12H2,2-5H3. The highest BCUT2D eigenvalue weighted by Gasteiger charge is 2.36. The monoisotopic (exact) mass is 236 g/mol. The van der Waals surface area contributed by atoms with Crippen molar-refractivity contribution in [1.82, 2.24) is 10.2 Å². The lowest BCUT2D eigenvalue weighted by Crippen LogP contribution is -2.64. The molecule has 0 aliphatic carbocycles. The second-order valence-corrected chi connectivity index (χ2v) is 5.50. The zero-order valence-electron chi connectivity index (χ0n) is 11.9. The SMILES string of the molecule is C#CCC(CC)N1CC(C)(CC)NCC1CC. The van der Waals surface area contributed by atoms with E-state index in [9.17, 15) is 0 Å². The van der Waals surface area contributed by atoms with Crippen LogP contribution in [0.3, 0.4) is 0 Å². The molecule has 1 fully saturated rings. The van der Waals surface area contributed by atoms with E-state index in [-0.39, 0.29) is 5.54 Å². The van der Waals surface area contributed by atoms with E-state index < -0.39 is 0 Å². The van der Waals surface area contributed by atoms with Gasteiger partial charge in [0.05, 0.1) is 0 Å². The molecule has 0 aromatic rings. The van der Waals surface area contributed by atoms with E-state index in [0.29, 0.717) is 12.1 Å². The summed E-state index contributed by atoms with van der Waals surface area (Å²) in [5, 5.41) is 3.70. The van der Waals surface area contributed by atoms with Crippen LogP contribution >= 0.6 is 0 Å². The normalized spacial score (nSPS) is 32.1. The van der Waals surface area contributed by atoms with Gasteiger partial charge in [-0.2, -0.15) is 0 Å². The first-order chi connectivity index (χ1) is 8.10. The molecule has 3 unspecified atom stereocenters. The van der Waals surface area contributed by atoms with Gasteiger partial charge < -0.3 is 5.32 Å². The Morgan fingerprint density at radius 3 is 2.65 bits per heavy atom. The van der Waals surface area contributed by atoms with Gasteiger partial charge in [-0.3, -0.25) is 4.90 Å². The van der Waals surface area contributed by atoms with Gasteiger partial charge in [-0.25, -0.2) is 0 Å². The molecular formula is C15H28N2. The Kier molecular flexibility index (Phi) is 5.49. The summed E-state index contributed by atoms with van der Waals surface area (Å²) >= 11 is 0. The number of nitrogens with zero attached hydrogens (tertiary/aromatic N) is 1. The first kappa shape index (κ1) is 14.5. The zero-order chi connectivity index (χ0) is 12.9. The molecule has 0 radical (unpaired) electrons. The Labute approximate surface area is 107 Å². The van der Waals surface area contributed by atoms with Crippen molar-refractivity contribution in [2.75, 3.05) is 13.1 Å². The van der Waals surface area contributed by atoms with Crippen LogP contribution in [0, 0.1) is 12.3 Å². The molecule has 1 N–H and O–H groups in total. The van der Waals surface area contributed by atoms with Crippen LogP contribution in [-0.4, -0.2) is 35.6 Å². The van der Waals surface area contributed by atoms with Gasteiger partial charge >= 0.3 is 0 Å². The summed E-state index contributed by atoms with van der Waals surface area (Å²) < 4.78 is 0. The molecule has 98 valence electrons. The number of nitrogens with one attached hydrogen (secondary N) is 1. The summed E-state index contributed by atoms with van der Waals surface area (Å²) in [4.78, 5) is 2.65. The van der Waals surface area contributed by atoms with Crippen molar-refractivity contribution in [3.8, 4) is 12.3 Å². The smallest absolute Gasteiger partial charge is 0.0278 e. The van der Waals surface area contributed by atoms with Crippen molar-refractivity contribution in [2.24, 2.45) is 0 Å². The molecule has 0 amide bonds. The van der Waals surface area contributed by atoms with Gasteiger partial charge in [0.15, 0.2) is 0 Å². The van der Waals surface area contributed by atoms with Gasteiger partial charge in [-0.15, -0.1) is 12.3 Å². The number of rotatable bonds is 5. The Bertz CT molecular complexity index is 269. The molecule has 17 heavy (non-hydrogen) atoms. The second-order valence-electron chi connectivity index (χ2n) is 5.50. The third-order valence-electron chi connectivity index (χ3n) is 4.31. The van der Waals surface area contributed by atoms with Gasteiger partial charge in [0.2, 0.25) is 0 Å². The minimum absolute atomic E-state index is 0.258. The average Bonchev–Trinajstić information content (AvgIpc) is 2.36. The van der Waals surface area contributed by atoms with E-state index in [4.69, 9.17) is 6.42 Å². The number of terminal acetylenes is 1. The zero-order valence-corrected chi connectivity index (χ0v) is 11.9. The van der Waals surface area contributed by atoms with Crippen molar-refractivity contribution in [3.63, 3.8) is 0 Å². The molecule has 0 spiro atoms. The van der Waals surface area contributed by atoms with E-state index in [2.05, 4.69) is 43.8 Å². The van der Waals surface area contributed by atoms with Gasteiger partial charge in [-0.05, 0) is 26.2 Å². The van der Waals surface area contributed by atoms with E-state index in [1.807, 2.05) is 0 Å². The topological polar surface area (TPSA) is 15.3 Å². The summed E-state index contributed by atoms with van der Waals surface area (Å²) in [6.45, 7) is 11.3. The highest BCUT2D eigenvalue weighted by molar-refractivity contribution is 4.99. The molecule has 2 heteroatoms. The first-order valence-electron chi connectivity index (χ1n) is 7.04. The molecule has 3 atom stereocenters. The summed E-state index contributed by atoms with van der Waals surface area (Å²) in [7, 11) is 0.